The number of benzene rings is 2. The van der Waals surface area contributed by atoms with E-state index in [-0.39, 0.29) is 24.8 Å². The van der Waals surface area contributed by atoms with Crippen LogP contribution in [0, 0.1) is 0 Å². The molecule has 2 amide bonds. The van der Waals surface area contributed by atoms with Crippen molar-refractivity contribution in [3.63, 3.8) is 0 Å². The van der Waals surface area contributed by atoms with Crippen LogP contribution in [0.25, 0.3) is 0 Å². The van der Waals surface area contributed by atoms with Crippen molar-refractivity contribution in [2.45, 2.75) is 12.5 Å². The molecule has 1 aliphatic rings. The van der Waals surface area contributed by atoms with Crippen LogP contribution in [0.15, 0.2) is 54.6 Å². The zero-order valence-corrected chi connectivity index (χ0v) is 12.9. The van der Waals surface area contributed by atoms with Gasteiger partial charge in [0.25, 0.3) is 5.91 Å². The number of fused-ring (bicyclic) bond motifs is 1. The highest BCUT2D eigenvalue weighted by Gasteiger charge is 2.32. The van der Waals surface area contributed by atoms with E-state index in [1.54, 1.807) is 11.9 Å². The second-order valence-corrected chi connectivity index (χ2v) is 5.44. The summed E-state index contributed by atoms with van der Waals surface area (Å²) in [6, 6.07) is 16.8. The molecule has 1 atom stereocenters. The highest BCUT2D eigenvalue weighted by Crippen LogP contribution is 2.32. The Labute approximate surface area is 134 Å². The summed E-state index contributed by atoms with van der Waals surface area (Å²) in [6.07, 6.45) is -0.414. The number of hydrogen-bond donors (Lipinski definition) is 1. The lowest BCUT2D eigenvalue weighted by atomic mass is 10.1. The summed E-state index contributed by atoms with van der Waals surface area (Å²) in [5.41, 5.74) is 1.67. The van der Waals surface area contributed by atoms with Crippen LogP contribution in [0.5, 0.6) is 5.75 Å². The number of para-hydroxylation sites is 2. The SMILES string of the molecule is CN1C(=O)C(CNC(=O)Cc2ccccc2)Oc2ccccc21. The van der Waals surface area contributed by atoms with Crippen LogP contribution in [0.4, 0.5) is 5.69 Å². The van der Waals surface area contributed by atoms with E-state index in [2.05, 4.69) is 5.32 Å². The first-order chi connectivity index (χ1) is 11.1. The molecule has 1 unspecified atom stereocenters. The van der Waals surface area contributed by atoms with E-state index >= 15 is 0 Å². The van der Waals surface area contributed by atoms with Gasteiger partial charge in [-0.25, -0.2) is 0 Å². The van der Waals surface area contributed by atoms with E-state index in [4.69, 9.17) is 4.74 Å². The fourth-order valence-corrected chi connectivity index (χ4v) is 2.55. The van der Waals surface area contributed by atoms with Crippen LogP contribution in [-0.2, 0) is 16.0 Å². The number of carbonyl (C=O) groups is 2. The molecule has 5 heteroatoms. The maximum Gasteiger partial charge on any atom is 0.269 e. The standard InChI is InChI=1S/C18H18N2O3/c1-20-14-9-5-6-10-15(14)23-16(18(20)22)12-19-17(21)11-13-7-3-2-4-8-13/h2-10,16H,11-12H2,1H3,(H,19,21). The van der Waals surface area contributed by atoms with Crippen LogP contribution in [-0.4, -0.2) is 31.5 Å². The van der Waals surface area contributed by atoms with Gasteiger partial charge in [0, 0.05) is 7.05 Å². The second-order valence-electron chi connectivity index (χ2n) is 5.44. The van der Waals surface area contributed by atoms with Gasteiger partial charge in [0.15, 0.2) is 6.10 Å². The number of amides is 2. The van der Waals surface area contributed by atoms with Crippen LogP contribution in [0.3, 0.4) is 0 Å². The van der Waals surface area contributed by atoms with E-state index in [1.807, 2.05) is 54.6 Å². The van der Waals surface area contributed by atoms with Gasteiger partial charge < -0.3 is 15.0 Å². The minimum Gasteiger partial charge on any atom is -0.477 e. The van der Waals surface area contributed by atoms with Crippen molar-refractivity contribution in [3.8, 4) is 5.75 Å². The first-order valence-electron chi connectivity index (χ1n) is 7.49. The maximum absolute atomic E-state index is 12.3. The quantitative estimate of drug-likeness (QED) is 0.936. The summed E-state index contributed by atoms with van der Waals surface area (Å²) in [6.45, 7) is 0.156. The van der Waals surface area contributed by atoms with E-state index in [1.165, 1.54) is 0 Å². The average Bonchev–Trinajstić information content (AvgIpc) is 2.58. The molecule has 118 valence electrons. The Morgan fingerprint density at radius 3 is 2.61 bits per heavy atom. The van der Waals surface area contributed by atoms with Crippen molar-refractivity contribution in [1.82, 2.24) is 5.32 Å². The molecule has 23 heavy (non-hydrogen) atoms. The van der Waals surface area contributed by atoms with E-state index in [9.17, 15) is 9.59 Å². The molecule has 2 aromatic carbocycles. The molecule has 0 saturated carbocycles. The van der Waals surface area contributed by atoms with Gasteiger partial charge in [-0.05, 0) is 17.7 Å². The number of ether oxygens (including phenoxy) is 1. The molecule has 1 aliphatic heterocycles. The Kier molecular flexibility index (Phi) is 4.28. The molecule has 0 aliphatic carbocycles. The summed E-state index contributed by atoms with van der Waals surface area (Å²) in [5.74, 6) is 0.356. The zero-order chi connectivity index (χ0) is 16.2. The van der Waals surface area contributed by atoms with Gasteiger partial charge >= 0.3 is 0 Å². The van der Waals surface area contributed by atoms with Gasteiger partial charge in [-0.2, -0.15) is 0 Å². The third-order valence-electron chi connectivity index (χ3n) is 3.79. The van der Waals surface area contributed by atoms with Crippen molar-refractivity contribution in [2.75, 3.05) is 18.5 Å². The molecular formula is C18H18N2O3. The van der Waals surface area contributed by atoms with Crippen LogP contribution in [0.2, 0.25) is 0 Å². The number of likely N-dealkylation sites (N-methyl/N-ethyl adjacent to an activating group) is 1. The normalized spacial score (nSPS) is 16.5. The largest absolute Gasteiger partial charge is 0.477 e. The summed E-state index contributed by atoms with van der Waals surface area (Å²) in [4.78, 5) is 25.9. The van der Waals surface area contributed by atoms with Crippen LogP contribution < -0.4 is 15.0 Å². The molecule has 3 rings (SSSR count). The molecule has 0 saturated heterocycles. The molecular weight excluding hydrogens is 292 g/mol. The number of hydrogen-bond acceptors (Lipinski definition) is 3. The number of anilines is 1. The monoisotopic (exact) mass is 310 g/mol. The van der Waals surface area contributed by atoms with E-state index in [0.29, 0.717) is 5.75 Å². The Balaban J connectivity index is 1.60. The minimum atomic E-state index is -0.699. The molecule has 0 fully saturated rings. The van der Waals surface area contributed by atoms with Gasteiger partial charge in [0.05, 0.1) is 18.7 Å². The third kappa shape index (κ3) is 3.34. The molecule has 0 bridgehead atoms. The van der Waals surface area contributed by atoms with Crippen molar-refractivity contribution in [2.24, 2.45) is 0 Å². The Morgan fingerprint density at radius 2 is 1.83 bits per heavy atom. The van der Waals surface area contributed by atoms with Crippen molar-refractivity contribution in [3.05, 3.63) is 60.2 Å². The first kappa shape index (κ1) is 15.1. The van der Waals surface area contributed by atoms with Crippen LogP contribution in [0.1, 0.15) is 5.56 Å². The number of carbonyl (C=O) groups excluding carboxylic acids is 2. The van der Waals surface area contributed by atoms with Gasteiger partial charge in [-0.3, -0.25) is 9.59 Å². The van der Waals surface area contributed by atoms with E-state index in [0.717, 1.165) is 11.3 Å². The lowest BCUT2D eigenvalue weighted by Crippen LogP contribution is -2.49. The van der Waals surface area contributed by atoms with Gasteiger partial charge in [0.1, 0.15) is 5.75 Å². The fourth-order valence-electron chi connectivity index (χ4n) is 2.55. The Hall–Kier alpha value is -2.82. The first-order valence-corrected chi connectivity index (χ1v) is 7.49. The molecule has 1 N–H and O–H groups in total. The zero-order valence-electron chi connectivity index (χ0n) is 12.9. The highest BCUT2D eigenvalue weighted by atomic mass is 16.5. The Morgan fingerprint density at radius 1 is 1.13 bits per heavy atom. The summed E-state index contributed by atoms with van der Waals surface area (Å²) >= 11 is 0. The maximum atomic E-state index is 12.3. The smallest absolute Gasteiger partial charge is 0.269 e. The summed E-state index contributed by atoms with van der Waals surface area (Å²) in [7, 11) is 1.71. The minimum absolute atomic E-state index is 0.130. The highest BCUT2D eigenvalue weighted by molar-refractivity contribution is 5.99. The van der Waals surface area contributed by atoms with Gasteiger partial charge in [-0.1, -0.05) is 42.5 Å². The predicted octanol–water partition coefficient (Wildman–Crippen LogP) is 1.77. The topological polar surface area (TPSA) is 58.6 Å². The molecule has 0 spiro atoms. The fraction of sp³-hybridized carbons (Fsp3) is 0.222. The third-order valence-corrected chi connectivity index (χ3v) is 3.79. The predicted molar refractivity (Wildman–Crippen MR) is 87.4 cm³/mol. The average molecular weight is 310 g/mol. The Bertz CT molecular complexity index is 715. The second kappa shape index (κ2) is 6.52. The number of nitrogens with zero attached hydrogens (tertiary/aromatic N) is 1. The summed E-state index contributed by atoms with van der Waals surface area (Å²) in [5, 5.41) is 2.77. The molecule has 5 nitrogen and oxygen atoms in total. The van der Waals surface area contributed by atoms with E-state index < -0.39 is 6.10 Å². The number of rotatable bonds is 4. The van der Waals surface area contributed by atoms with Gasteiger partial charge in [-0.15, -0.1) is 0 Å². The number of nitrogens with one attached hydrogen (secondary N) is 1. The molecule has 0 aromatic heterocycles. The van der Waals surface area contributed by atoms with Crippen molar-refractivity contribution in [1.29, 1.82) is 0 Å². The lowest BCUT2D eigenvalue weighted by molar-refractivity contribution is -0.126. The molecule has 1 heterocycles. The van der Waals surface area contributed by atoms with Crippen molar-refractivity contribution < 1.29 is 14.3 Å². The summed E-state index contributed by atoms with van der Waals surface area (Å²) < 4.78 is 5.71. The van der Waals surface area contributed by atoms with Crippen LogP contribution >= 0.6 is 0 Å². The lowest BCUT2D eigenvalue weighted by Gasteiger charge is -2.31. The van der Waals surface area contributed by atoms with Gasteiger partial charge in [0.2, 0.25) is 5.91 Å². The molecule has 2 aromatic rings. The van der Waals surface area contributed by atoms with Crippen molar-refractivity contribution >= 4 is 17.5 Å². The molecule has 0 radical (unpaired) electrons.